The summed E-state index contributed by atoms with van der Waals surface area (Å²) in [5, 5.41) is 4.64. The number of rotatable bonds is 6. The smallest absolute Gasteiger partial charge is 0.164 e. The fourth-order valence-electron chi connectivity index (χ4n) is 7.89. The second-order valence-corrected chi connectivity index (χ2v) is 14.1. The van der Waals surface area contributed by atoms with Gasteiger partial charge < -0.3 is 8.98 Å². The van der Waals surface area contributed by atoms with Crippen molar-refractivity contribution >= 4 is 43.7 Å². The van der Waals surface area contributed by atoms with Crippen LogP contribution in [-0.2, 0) is 0 Å². The zero-order chi connectivity index (χ0) is 37.0. The zero-order valence-corrected chi connectivity index (χ0v) is 30.2. The van der Waals surface area contributed by atoms with Crippen LogP contribution in [0.4, 0.5) is 0 Å². The average molecular weight is 717 g/mol. The Bertz CT molecular complexity index is 3160. The van der Waals surface area contributed by atoms with Crippen LogP contribution in [0.15, 0.2) is 199 Å². The van der Waals surface area contributed by atoms with Gasteiger partial charge in [0.15, 0.2) is 17.5 Å². The lowest BCUT2D eigenvalue weighted by Crippen LogP contribution is -2.00. The molecule has 262 valence electrons. The molecule has 5 heteroatoms. The molecule has 0 bridgehead atoms. The van der Waals surface area contributed by atoms with Gasteiger partial charge >= 0.3 is 0 Å². The first-order chi connectivity index (χ1) is 27.7. The highest BCUT2D eigenvalue weighted by Crippen LogP contribution is 2.38. The summed E-state index contributed by atoms with van der Waals surface area (Å²) in [6, 6.07) is 67.5. The van der Waals surface area contributed by atoms with E-state index in [0.717, 1.165) is 55.4 Å². The Morgan fingerprint density at radius 1 is 0.304 bits per heavy atom. The van der Waals surface area contributed by atoms with Gasteiger partial charge in [-0.3, -0.25) is 0 Å². The van der Waals surface area contributed by atoms with E-state index in [9.17, 15) is 0 Å². The Morgan fingerprint density at radius 2 is 0.804 bits per heavy atom. The number of aromatic nitrogens is 4. The van der Waals surface area contributed by atoms with Crippen molar-refractivity contribution in [2.45, 2.75) is 0 Å². The molecule has 0 atom stereocenters. The molecule has 0 N–H and O–H groups in total. The standard InChI is InChI=1S/C51H32N4O/c1-4-12-33(13-5-1)38-25-28-46-43(30-38)41-18-10-11-19-45(41)55(46)40-26-29-47-44(32-40)42-27-24-39(31-48(42)56-47)34-20-22-37(23-21-34)51-53-49(35-14-6-2-7-15-35)52-50(54-51)36-16-8-3-9-17-36/h1-32H. The number of fused-ring (bicyclic) bond motifs is 6. The summed E-state index contributed by atoms with van der Waals surface area (Å²) in [4.78, 5) is 14.6. The van der Waals surface area contributed by atoms with Crippen molar-refractivity contribution < 1.29 is 4.42 Å². The van der Waals surface area contributed by atoms with Gasteiger partial charge in [0, 0.05) is 43.9 Å². The third-order valence-corrected chi connectivity index (χ3v) is 10.7. The molecule has 0 spiro atoms. The molecule has 56 heavy (non-hydrogen) atoms. The lowest BCUT2D eigenvalue weighted by molar-refractivity contribution is 0.669. The lowest BCUT2D eigenvalue weighted by atomic mass is 10.0. The van der Waals surface area contributed by atoms with Gasteiger partial charge in [-0.2, -0.15) is 0 Å². The number of hydrogen-bond donors (Lipinski definition) is 0. The maximum absolute atomic E-state index is 6.49. The zero-order valence-electron chi connectivity index (χ0n) is 30.2. The van der Waals surface area contributed by atoms with E-state index in [4.69, 9.17) is 19.4 Å². The van der Waals surface area contributed by atoms with Crippen LogP contribution in [0.1, 0.15) is 0 Å². The lowest BCUT2D eigenvalue weighted by Gasteiger charge is -2.09. The fourth-order valence-corrected chi connectivity index (χ4v) is 7.89. The van der Waals surface area contributed by atoms with E-state index in [1.807, 2.05) is 60.7 Å². The van der Waals surface area contributed by atoms with Crippen molar-refractivity contribution in [3.8, 4) is 62.1 Å². The molecule has 11 rings (SSSR count). The molecule has 5 nitrogen and oxygen atoms in total. The Hall–Kier alpha value is -7.63. The van der Waals surface area contributed by atoms with Gasteiger partial charge in [-0.05, 0) is 70.8 Å². The van der Waals surface area contributed by atoms with Crippen molar-refractivity contribution in [3.63, 3.8) is 0 Å². The molecule has 0 fully saturated rings. The second kappa shape index (κ2) is 13.0. The van der Waals surface area contributed by atoms with Crippen LogP contribution in [0.3, 0.4) is 0 Å². The number of para-hydroxylation sites is 1. The molecular formula is C51H32N4O. The van der Waals surface area contributed by atoms with Gasteiger partial charge in [-0.15, -0.1) is 0 Å². The molecule has 3 aromatic heterocycles. The monoisotopic (exact) mass is 716 g/mol. The van der Waals surface area contributed by atoms with E-state index in [1.54, 1.807) is 0 Å². The molecule has 11 aromatic rings. The molecule has 8 aromatic carbocycles. The Labute approximate surface area is 322 Å². The van der Waals surface area contributed by atoms with Gasteiger partial charge in [0.1, 0.15) is 11.2 Å². The molecule has 0 saturated heterocycles. The predicted molar refractivity (Wildman–Crippen MR) is 229 cm³/mol. The quantitative estimate of drug-likeness (QED) is 0.172. The van der Waals surface area contributed by atoms with Crippen molar-refractivity contribution in [1.82, 2.24) is 19.5 Å². The summed E-state index contributed by atoms with van der Waals surface area (Å²) < 4.78 is 8.86. The molecular weight excluding hydrogens is 685 g/mol. The van der Waals surface area contributed by atoms with Crippen LogP contribution in [0.25, 0.3) is 106 Å². The predicted octanol–water partition coefficient (Wildman–Crippen LogP) is 13.2. The summed E-state index contributed by atoms with van der Waals surface area (Å²) in [6.07, 6.45) is 0. The first kappa shape index (κ1) is 31.9. The van der Waals surface area contributed by atoms with Crippen molar-refractivity contribution in [2.75, 3.05) is 0 Å². The number of furan rings is 1. The third kappa shape index (κ3) is 5.45. The molecule has 0 amide bonds. The minimum Gasteiger partial charge on any atom is -0.456 e. The topological polar surface area (TPSA) is 56.7 Å². The van der Waals surface area contributed by atoms with Gasteiger partial charge in [-0.1, -0.05) is 146 Å². The molecule has 0 aliphatic heterocycles. The molecule has 0 aliphatic rings. The molecule has 0 unspecified atom stereocenters. The minimum absolute atomic E-state index is 0.632. The number of nitrogens with zero attached hydrogens (tertiary/aromatic N) is 4. The minimum atomic E-state index is 0.632. The first-order valence-electron chi connectivity index (χ1n) is 18.8. The summed E-state index contributed by atoms with van der Waals surface area (Å²) in [5.74, 6) is 1.92. The van der Waals surface area contributed by atoms with Crippen molar-refractivity contribution in [2.24, 2.45) is 0 Å². The SMILES string of the molecule is c1ccc(-c2ccc3c(c2)c2ccccc2n3-c2ccc3oc4cc(-c5ccc(-c6nc(-c7ccccc7)nc(-c7ccccc7)n6)cc5)ccc4c3c2)cc1. The van der Waals surface area contributed by atoms with Crippen LogP contribution in [0.5, 0.6) is 0 Å². The molecule has 0 radical (unpaired) electrons. The Balaban J connectivity index is 0.953. The summed E-state index contributed by atoms with van der Waals surface area (Å²) in [7, 11) is 0. The normalized spacial score (nSPS) is 11.6. The van der Waals surface area contributed by atoms with Crippen LogP contribution in [0.2, 0.25) is 0 Å². The highest BCUT2D eigenvalue weighted by molar-refractivity contribution is 6.11. The largest absolute Gasteiger partial charge is 0.456 e. The van der Waals surface area contributed by atoms with Gasteiger partial charge in [-0.25, -0.2) is 15.0 Å². The maximum Gasteiger partial charge on any atom is 0.164 e. The van der Waals surface area contributed by atoms with Crippen LogP contribution >= 0.6 is 0 Å². The summed E-state index contributed by atoms with van der Waals surface area (Å²) in [5.41, 5.74) is 12.6. The third-order valence-electron chi connectivity index (χ3n) is 10.7. The van der Waals surface area contributed by atoms with Gasteiger partial charge in [0.25, 0.3) is 0 Å². The van der Waals surface area contributed by atoms with Crippen LogP contribution in [-0.4, -0.2) is 19.5 Å². The first-order valence-corrected chi connectivity index (χ1v) is 18.8. The van der Waals surface area contributed by atoms with Gasteiger partial charge in [0.05, 0.1) is 11.0 Å². The summed E-state index contributed by atoms with van der Waals surface area (Å²) in [6.45, 7) is 0. The number of hydrogen-bond acceptors (Lipinski definition) is 4. The van der Waals surface area contributed by atoms with Crippen LogP contribution < -0.4 is 0 Å². The van der Waals surface area contributed by atoms with E-state index in [0.29, 0.717) is 17.5 Å². The molecule has 3 heterocycles. The summed E-state index contributed by atoms with van der Waals surface area (Å²) >= 11 is 0. The highest BCUT2D eigenvalue weighted by Gasteiger charge is 2.17. The van der Waals surface area contributed by atoms with Crippen molar-refractivity contribution in [3.05, 3.63) is 194 Å². The van der Waals surface area contributed by atoms with E-state index < -0.39 is 0 Å². The Kier molecular flexibility index (Phi) is 7.42. The van der Waals surface area contributed by atoms with E-state index in [-0.39, 0.29) is 0 Å². The average Bonchev–Trinajstić information content (AvgIpc) is 3.81. The second-order valence-electron chi connectivity index (χ2n) is 14.1. The van der Waals surface area contributed by atoms with E-state index >= 15 is 0 Å². The highest BCUT2D eigenvalue weighted by atomic mass is 16.3. The maximum atomic E-state index is 6.49. The number of benzene rings is 8. The van der Waals surface area contributed by atoms with Gasteiger partial charge in [0.2, 0.25) is 0 Å². The van der Waals surface area contributed by atoms with E-state index in [2.05, 4.69) is 138 Å². The molecule has 0 saturated carbocycles. The van der Waals surface area contributed by atoms with Crippen molar-refractivity contribution in [1.29, 1.82) is 0 Å². The Morgan fingerprint density at radius 3 is 1.48 bits per heavy atom. The fraction of sp³-hybridized carbons (Fsp3) is 0. The van der Waals surface area contributed by atoms with E-state index in [1.165, 1.54) is 32.9 Å². The molecule has 0 aliphatic carbocycles. The van der Waals surface area contributed by atoms with Crippen LogP contribution in [0, 0.1) is 0 Å².